The van der Waals surface area contributed by atoms with E-state index in [0.29, 0.717) is 11.1 Å². The molecule has 0 aliphatic carbocycles. The third-order valence-electron chi connectivity index (χ3n) is 3.82. The van der Waals surface area contributed by atoms with Crippen molar-refractivity contribution in [2.75, 3.05) is 0 Å². The topological polar surface area (TPSA) is 72.6 Å². The lowest BCUT2D eigenvalue weighted by Crippen LogP contribution is -2.44. The number of hydrogen-bond donors (Lipinski definition) is 2. The van der Waals surface area contributed by atoms with Gasteiger partial charge in [-0.05, 0) is 49.2 Å². The lowest BCUT2D eigenvalue weighted by atomic mass is 9.82. The Labute approximate surface area is 138 Å². The second kappa shape index (κ2) is 7.07. The molecule has 0 saturated carbocycles. The van der Waals surface area contributed by atoms with Gasteiger partial charge in [0.2, 0.25) is 0 Å². The minimum atomic E-state index is -1.79. The molecular formula is C18H19F2NO3. The van der Waals surface area contributed by atoms with Crippen LogP contribution < -0.4 is 5.73 Å². The molecule has 4 nitrogen and oxygen atoms in total. The zero-order valence-electron chi connectivity index (χ0n) is 13.4. The summed E-state index contributed by atoms with van der Waals surface area (Å²) in [5.41, 5.74) is 4.32. The standard InChI is InChI=1S/C18H19F2NO3/c1-11(21)17(22)24-12(2)18(23,13-3-7-15(19)8-4-13)14-5-9-16(20)10-6-14/h3-12,23H,21H2,1-2H3/t11-,12+/m0/s1. The summed E-state index contributed by atoms with van der Waals surface area (Å²) in [6.07, 6.45) is -1.04. The van der Waals surface area contributed by atoms with Crippen LogP contribution in [0.5, 0.6) is 0 Å². The van der Waals surface area contributed by atoms with Gasteiger partial charge in [0.1, 0.15) is 23.8 Å². The number of benzene rings is 2. The highest BCUT2D eigenvalue weighted by Gasteiger charge is 2.40. The molecule has 0 spiro atoms. The van der Waals surface area contributed by atoms with Crippen molar-refractivity contribution < 1.29 is 23.4 Å². The van der Waals surface area contributed by atoms with Crippen LogP contribution in [0.1, 0.15) is 25.0 Å². The first-order valence-corrected chi connectivity index (χ1v) is 7.45. The molecule has 0 aliphatic heterocycles. The Morgan fingerprint density at radius 2 is 1.38 bits per heavy atom. The Kier molecular flexibility index (Phi) is 5.31. The Balaban J connectivity index is 2.49. The molecule has 128 valence electrons. The minimum absolute atomic E-state index is 0.306. The van der Waals surface area contributed by atoms with Gasteiger partial charge >= 0.3 is 5.97 Å². The fraction of sp³-hybridized carbons (Fsp3) is 0.278. The van der Waals surface area contributed by atoms with Gasteiger partial charge in [0, 0.05) is 0 Å². The number of halogens is 2. The van der Waals surface area contributed by atoms with Crippen LogP contribution in [-0.4, -0.2) is 23.2 Å². The van der Waals surface area contributed by atoms with E-state index in [2.05, 4.69) is 0 Å². The summed E-state index contributed by atoms with van der Waals surface area (Å²) in [5, 5.41) is 11.3. The highest BCUT2D eigenvalue weighted by atomic mass is 19.1. The van der Waals surface area contributed by atoms with E-state index in [1.54, 1.807) is 0 Å². The van der Waals surface area contributed by atoms with E-state index in [1.165, 1.54) is 62.4 Å². The highest BCUT2D eigenvalue weighted by Crippen LogP contribution is 2.35. The number of rotatable bonds is 5. The smallest absolute Gasteiger partial charge is 0.323 e. The van der Waals surface area contributed by atoms with Crippen molar-refractivity contribution in [1.29, 1.82) is 0 Å². The Morgan fingerprint density at radius 3 is 1.71 bits per heavy atom. The van der Waals surface area contributed by atoms with E-state index >= 15 is 0 Å². The average molecular weight is 335 g/mol. The van der Waals surface area contributed by atoms with Crippen molar-refractivity contribution in [3.05, 3.63) is 71.3 Å². The summed E-state index contributed by atoms with van der Waals surface area (Å²) in [5.74, 6) is -1.63. The zero-order chi connectivity index (χ0) is 17.9. The van der Waals surface area contributed by atoms with E-state index < -0.39 is 35.4 Å². The number of hydrogen-bond acceptors (Lipinski definition) is 4. The second-order valence-electron chi connectivity index (χ2n) is 5.65. The Bertz CT molecular complexity index is 654. The maximum absolute atomic E-state index is 13.2. The van der Waals surface area contributed by atoms with Gasteiger partial charge < -0.3 is 15.6 Å². The first kappa shape index (κ1) is 18.0. The van der Waals surface area contributed by atoms with Gasteiger partial charge in [-0.3, -0.25) is 4.79 Å². The molecule has 0 radical (unpaired) electrons. The molecule has 0 saturated heterocycles. The molecule has 0 aromatic heterocycles. The zero-order valence-corrected chi connectivity index (χ0v) is 13.4. The number of aliphatic hydroxyl groups is 1. The monoisotopic (exact) mass is 335 g/mol. The normalized spacial score (nSPS) is 14.1. The second-order valence-corrected chi connectivity index (χ2v) is 5.65. The van der Waals surface area contributed by atoms with Crippen LogP contribution in [0, 0.1) is 11.6 Å². The lowest BCUT2D eigenvalue weighted by molar-refractivity contribution is -0.161. The third kappa shape index (κ3) is 3.60. The molecular weight excluding hydrogens is 316 g/mol. The fourth-order valence-electron chi connectivity index (χ4n) is 2.41. The summed E-state index contributed by atoms with van der Waals surface area (Å²) < 4.78 is 31.7. The van der Waals surface area contributed by atoms with Crippen LogP contribution in [0.2, 0.25) is 0 Å². The van der Waals surface area contributed by atoms with E-state index in [1.807, 2.05) is 0 Å². The molecule has 0 bridgehead atoms. The first-order valence-electron chi connectivity index (χ1n) is 7.45. The van der Waals surface area contributed by atoms with Gasteiger partial charge in [-0.1, -0.05) is 24.3 Å². The van der Waals surface area contributed by atoms with Gasteiger partial charge in [-0.15, -0.1) is 0 Å². The summed E-state index contributed by atoms with van der Waals surface area (Å²) in [4.78, 5) is 11.8. The maximum Gasteiger partial charge on any atom is 0.323 e. The van der Waals surface area contributed by atoms with Gasteiger partial charge in [0.15, 0.2) is 5.60 Å². The van der Waals surface area contributed by atoms with Gasteiger partial charge in [0.25, 0.3) is 0 Å². The number of esters is 1. The van der Waals surface area contributed by atoms with Gasteiger partial charge in [-0.2, -0.15) is 0 Å². The van der Waals surface area contributed by atoms with Crippen LogP contribution in [-0.2, 0) is 15.1 Å². The molecule has 0 unspecified atom stereocenters. The molecule has 2 atom stereocenters. The number of carbonyl (C=O) groups is 1. The molecule has 2 aromatic carbocycles. The Hall–Kier alpha value is -2.31. The number of carbonyl (C=O) groups excluding carboxylic acids is 1. The quantitative estimate of drug-likeness (QED) is 0.824. The summed E-state index contributed by atoms with van der Waals surface area (Å²) >= 11 is 0. The lowest BCUT2D eigenvalue weighted by Gasteiger charge is -2.35. The van der Waals surface area contributed by atoms with E-state index in [9.17, 15) is 18.7 Å². The van der Waals surface area contributed by atoms with Crippen LogP contribution in [0.15, 0.2) is 48.5 Å². The molecule has 24 heavy (non-hydrogen) atoms. The third-order valence-corrected chi connectivity index (χ3v) is 3.82. The van der Waals surface area contributed by atoms with Crippen molar-refractivity contribution in [3.63, 3.8) is 0 Å². The van der Waals surface area contributed by atoms with Crippen LogP contribution >= 0.6 is 0 Å². The van der Waals surface area contributed by atoms with Crippen LogP contribution in [0.3, 0.4) is 0 Å². The van der Waals surface area contributed by atoms with E-state index in [4.69, 9.17) is 10.5 Å². The fourth-order valence-corrected chi connectivity index (χ4v) is 2.41. The Morgan fingerprint density at radius 1 is 1.00 bits per heavy atom. The average Bonchev–Trinajstić information content (AvgIpc) is 2.55. The van der Waals surface area contributed by atoms with Gasteiger partial charge in [-0.25, -0.2) is 8.78 Å². The maximum atomic E-state index is 13.2. The first-order chi connectivity index (χ1) is 11.2. The van der Waals surface area contributed by atoms with Crippen molar-refractivity contribution in [1.82, 2.24) is 0 Å². The van der Waals surface area contributed by atoms with Crippen molar-refractivity contribution >= 4 is 5.97 Å². The molecule has 0 heterocycles. The molecule has 0 aliphatic rings. The summed E-state index contributed by atoms with van der Waals surface area (Å²) in [6, 6.07) is 9.41. The minimum Gasteiger partial charge on any atom is -0.458 e. The predicted molar refractivity (Wildman–Crippen MR) is 85.0 cm³/mol. The van der Waals surface area contributed by atoms with Crippen LogP contribution in [0.4, 0.5) is 8.78 Å². The summed E-state index contributed by atoms with van der Waals surface area (Å²) in [6.45, 7) is 2.96. The number of nitrogens with two attached hydrogens (primary N) is 1. The van der Waals surface area contributed by atoms with E-state index in [-0.39, 0.29) is 0 Å². The van der Waals surface area contributed by atoms with Gasteiger partial charge in [0.05, 0.1) is 0 Å². The van der Waals surface area contributed by atoms with Crippen LogP contribution in [0.25, 0.3) is 0 Å². The molecule has 2 rings (SSSR count). The van der Waals surface area contributed by atoms with Crippen molar-refractivity contribution in [3.8, 4) is 0 Å². The molecule has 0 amide bonds. The van der Waals surface area contributed by atoms with Crippen molar-refractivity contribution in [2.45, 2.75) is 31.6 Å². The molecule has 6 heteroatoms. The molecule has 2 aromatic rings. The largest absolute Gasteiger partial charge is 0.458 e. The number of ether oxygens (including phenoxy) is 1. The van der Waals surface area contributed by atoms with Crippen molar-refractivity contribution in [2.24, 2.45) is 5.73 Å². The predicted octanol–water partition coefficient (Wildman–Crippen LogP) is 2.48. The SMILES string of the molecule is C[C@H](N)C(=O)O[C@H](C)C(O)(c1ccc(F)cc1)c1ccc(F)cc1. The summed E-state index contributed by atoms with van der Waals surface area (Å²) in [7, 11) is 0. The molecule has 3 N–H and O–H groups in total. The van der Waals surface area contributed by atoms with E-state index in [0.717, 1.165) is 0 Å². The molecule has 0 fully saturated rings. The highest BCUT2D eigenvalue weighted by molar-refractivity contribution is 5.75.